The largest absolute Gasteiger partial charge is 0.465 e. The van der Waals surface area contributed by atoms with Crippen LogP contribution in [0.3, 0.4) is 0 Å². The van der Waals surface area contributed by atoms with Crippen molar-refractivity contribution < 1.29 is 9.53 Å². The number of benzene rings is 2. The fourth-order valence-electron chi connectivity index (χ4n) is 2.93. The van der Waals surface area contributed by atoms with Gasteiger partial charge in [0.1, 0.15) is 11.8 Å². The summed E-state index contributed by atoms with van der Waals surface area (Å²) in [5.41, 5.74) is 2.05. The van der Waals surface area contributed by atoms with Crippen molar-refractivity contribution in [1.29, 1.82) is 5.26 Å². The molecule has 0 aliphatic rings. The standard InChI is InChI=1S/C22H19N3O3/c1-14-12-15(2)24-21(27)19(14)22(25-20(26)16-8-4-3-5-9-16)28-18-11-7-6-10-17(18)13-23/h3-12,22H,1-2H3,(H,24,27)(H,25,26). The number of hydrogen-bond donors (Lipinski definition) is 2. The van der Waals surface area contributed by atoms with Gasteiger partial charge in [-0.1, -0.05) is 30.3 Å². The highest BCUT2D eigenvalue weighted by Crippen LogP contribution is 2.24. The lowest BCUT2D eigenvalue weighted by Gasteiger charge is -2.22. The summed E-state index contributed by atoms with van der Waals surface area (Å²) < 4.78 is 5.94. The summed E-state index contributed by atoms with van der Waals surface area (Å²) in [4.78, 5) is 28.0. The topological polar surface area (TPSA) is 95.0 Å². The van der Waals surface area contributed by atoms with Crippen molar-refractivity contribution in [2.45, 2.75) is 20.1 Å². The number of H-pyrrole nitrogens is 1. The fraction of sp³-hybridized carbons (Fsp3) is 0.136. The highest BCUT2D eigenvalue weighted by molar-refractivity contribution is 5.94. The van der Waals surface area contributed by atoms with Gasteiger partial charge in [-0.05, 0) is 49.7 Å². The van der Waals surface area contributed by atoms with Crippen molar-refractivity contribution in [3.05, 3.63) is 99.0 Å². The van der Waals surface area contributed by atoms with E-state index in [1.165, 1.54) is 0 Å². The van der Waals surface area contributed by atoms with Gasteiger partial charge in [-0.3, -0.25) is 9.59 Å². The first-order chi connectivity index (χ1) is 13.5. The molecular weight excluding hydrogens is 354 g/mol. The molecule has 3 rings (SSSR count). The Labute approximate surface area is 162 Å². The molecule has 28 heavy (non-hydrogen) atoms. The van der Waals surface area contributed by atoms with E-state index in [0.29, 0.717) is 22.4 Å². The molecule has 0 aliphatic carbocycles. The molecule has 1 heterocycles. The maximum atomic E-state index is 12.7. The average Bonchev–Trinajstić information content (AvgIpc) is 2.68. The van der Waals surface area contributed by atoms with E-state index < -0.39 is 6.23 Å². The summed E-state index contributed by atoms with van der Waals surface area (Å²) in [7, 11) is 0. The zero-order chi connectivity index (χ0) is 20.1. The Hall–Kier alpha value is -3.85. The van der Waals surface area contributed by atoms with Crippen LogP contribution in [0.2, 0.25) is 0 Å². The third kappa shape index (κ3) is 4.10. The van der Waals surface area contributed by atoms with Crippen molar-refractivity contribution in [3.8, 4) is 11.8 Å². The second kappa shape index (κ2) is 8.23. The maximum Gasteiger partial charge on any atom is 0.257 e. The van der Waals surface area contributed by atoms with Crippen LogP contribution in [-0.4, -0.2) is 10.9 Å². The Morgan fingerprint density at radius 2 is 1.79 bits per heavy atom. The van der Waals surface area contributed by atoms with Gasteiger partial charge in [0.25, 0.3) is 11.5 Å². The molecule has 0 radical (unpaired) electrons. The van der Waals surface area contributed by atoms with Crippen molar-refractivity contribution in [1.82, 2.24) is 10.3 Å². The van der Waals surface area contributed by atoms with E-state index in [1.807, 2.05) is 6.07 Å². The molecule has 0 fully saturated rings. The van der Waals surface area contributed by atoms with Gasteiger partial charge in [-0.25, -0.2) is 0 Å². The Morgan fingerprint density at radius 1 is 1.11 bits per heavy atom. The number of rotatable bonds is 5. The van der Waals surface area contributed by atoms with Crippen LogP contribution in [0.5, 0.6) is 5.75 Å². The monoisotopic (exact) mass is 373 g/mol. The van der Waals surface area contributed by atoms with Gasteiger partial charge in [0, 0.05) is 11.3 Å². The third-order valence-electron chi connectivity index (χ3n) is 4.23. The molecule has 6 nitrogen and oxygen atoms in total. The van der Waals surface area contributed by atoms with Gasteiger partial charge in [0.15, 0.2) is 0 Å². The summed E-state index contributed by atoms with van der Waals surface area (Å²) in [6.45, 7) is 3.56. The second-order valence-corrected chi connectivity index (χ2v) is 6.32. The lowest BCUT2D eigenvalue weighted by Crippen LogP contribution is -2.36. The number of hydrogen-bond acceptors (Lipinski definition) is 4. The van der Waals surface area contributed by atoms with E-state index in [2.05, 4.69) is 16.4 Å². The number of aromatic nitrogens is 1. The van der Waals surface area contributed by atoms with E-state index in [9.17, 15) is 14.9 Å². The number of aromatic amines is 1. The lowest BCUT2D eigenvalue weighted by atomic mass is 10.1. The minimum absolute atomic E-state index is 0.280. The highest BCUT2D eigenvalue weighted by atomic mass is 16.5. The number of pyridine rings is 1. The van der Waals surface area contributed by atoms with Crippen molar-refractivity contribution >= 4 is 5.91 Å². The molecule has 3 aromatic rings. The summed E-state index contributed by atoms with van der Waals surface area (Å²) in [6.07, 6.45) is -1.06. The van der Waals surface area contributed by atoms with Gasteiger partial charge in [0.2, 0.25) is 6.23 Å². The second-order valence-electron chi connectivity index (χ2n) is 6.32. The van der Waals surface area contributed by atoms with Crippen LogP contribution < -0.4 is 15.6 Å². The normalized spacial score (nSPS) is 11.3. The van der Waals surface area contributed by atoms with Gasteiger partial charge in [0.05, 0.1) is 11.1 Å². The van der Waals surface area contributed by atoms with E-state index >= 15 is 0 Å². The number of amides is 1. The fourth-order valence-corrected chi connectivity index (χ4v) is 2.93. The number of carbonyl (C=O) groups excluding carboxylic acids is 1. The molecule has 1 amide bonds. The molecule has 2 N–H and O–H groups in total. The zero-order valence-corrected chi connectivity index (χ0v) is 15.5. The van der Waals surface area contributed by atoms with Gasteiger partial charge >= 0.3 is 0 Å². The van der Waals surface area contributed by atoms with E-state index in [4.69, 9.17) is 4.74 Å². The van der Waals surface area contributed by atoms with Crippen LogP contribution in [-0.2, 0) is 0 Å². The molecule has 6 heteroatoms. The van der Waals surface area contributed by atoms with Crippen molar-refractivity contribution in [2.75, 3.05) is 0 Å². The summed E-state index contributed by atoms with van der Waals surface area (Å²) in [5, 5.41) is 12.1. The minimum Gasteiger partial charge on any atom is -0.465 e. The van der Waals surface area contributed by atoms with E-state index in [-0.39, 0.29) is 22.8 Å². The van der Waals surface area contributed by atoms with Crippen LogP contribution >= 0.6 is 0 Å². The number of para-hydroxylation sites is 1. The van der Waals surface area contributed by atoms with Crippen molar-refractivity contribution in [3.63, 3.8) is 0 Å². The Morgan fingerprint density at radius 3 is 2.46 bits per heavy atom. The van der Waals surface area contributed by atoms with Gasteiger partial charge in [-0.2, -0.15) is 5.26 Å². The predicted octanol–water partition coefficient (Wildman–Crippen LogP) is 3.37. The number of aryl methyl sites for hydroxylation is 2. The average molecular weight is 373 g/mol. The molecular formula is C22H19N3O3. The number of nitrogens with zero attached hydrogens (tertiary/aromatic N) is 1. The molecule has 0 saturated heterocycles. The zero-order valence-electron chi connectivity index (χ0n) is 15.5. The predicted molar refractivity (Wildman–Crippen MR) is 105 cm³/mol. The minimum atomic E-state index is -1.06. The van der Waals surface area contributed by atoms with Gasteiger partial charge in [-0.15, -0.1) is 0 Å². The Bertz CT molecular complexity index is 1100. The van der Waals surface area contributed by atoms with Crippen LogP contribution in [0.4, 0.5) is 0 Å². The lowest BCUT2D eigenvalue weighted by molar-refractivity contribution is 0.0824. The first-order valence-corrected chi connectivity index (χ1v) is 8.71. The molecule has 1 atom stereocenters. The molecule has 0 saturated carbocycles. The number of carbonyl (C=O) groups is 1. The van der Waals surface area contributed by atoms with Gasteiger partial charge < -0.3 is 15.0 Å². The molecule has 0 aliphatic heterocycles. The molecule has 0 spiro atoms. The SMILES string of the molecule is Cc1cc(C)c(C(NC(=O)c2ccccc2)Oc2ccccc2C#N)c(=O)[nH]1. The quantitative estimate of drug-likeness (QED) is 0.670. The molecule has 140 valence electrons. The molecule has 1 aromatic heterocycles. The molecule has 0 bridgehead atoms. The Kier molecular flexibility index (Phi) is 5.56. The van der Waals surface area contributed by atoms with Crippen LogP contribution in [0.25, 0.3) is 0 Å². The van der Waals surface area contributed by atoms with Crippen LogP contribution in [0.15, 0.2) is 65.5 Å². The summed E-state index contributed by atoms with van der Waals surface area (Å²) >= 11 is 0. The van der Waals surface area contributed by atoms with Crippen LogP contribution in [0.1, 0.15) is 39.0 Å². The number of nitrogens with one attached hydrogen (secondary N) is 2. The number of nitriles is 1. The third-order valence-corrected chi connectivity index (χ3v) is 4.23. The number of ether oxygens (including phenoxy) is 1. The van der Waals surface area contributed by atoms with Crippen molar-refractivity contribution in [2.24, 2.45) is 0 Å². The summed E-state index contributed by atoms with van der Waals surface area (Å²) in [5.74, 6) is -0.109. The molecule has 1 unspecified atom stereocenters. The first-order valence-electron chi connectivity index (χ1n) is 8.71. The van der Waals surface area contributed by atoms with Crippen LogP contribution in [0, 0.1) is 25.2 Å². The Balaban J connectivity index is 2.03. The smallest absolute Gasteiger partial charge is 0.257 e. The highest BCUT2D eigenvalue weighted by Gasteiger charge is 2.23. The maximum absolute atomic E-state index is 12.7. The van der Waals surface area contributed by atoms with E-state index in [0.717, 1.165) is 0 Å². The summed E-state index contributed by atoms with van der Waals surface area (Å²) in [6, 6.07) is 19.2. The first kappa shape index (κ1) is 18.9. The molecule has 2 aromatic carbocycles. The van der Waals surface area contributed by atoms with E-state index in [1.54, 1.807) is 68.4 Å².